The van der Waals surface area contributed by atoms with Crippen molar-refractivity contribution < 1.29 is 4.74 Å². The number of ether oxygens (including phenoxy) is 1. The lowest BCUT2D eigenvalue weighted by Crippen LogP contribution is -2.46. The number of aliphatic imine (C=N–C) groups is 1. The second-order valence-electron chi connectivity index (χ2n) is 6.41. The molecule has 2 aliphatic rings. The number of hydrogen-bond donors (Lipinski definition) is 1. The topological polar surface area (TPSA) is 40.1 Å². The maximum Gasteiger partial charge on any atom is 0.193 e. The molecule has 0 bridgehead atoms. The number of morpholine rings is 1. The highest BCUT2D eigenvalue weighted by Gasteiger charge is 2.30. The summed E-state index contributed by atoms with van der Waals surface area (Å²) < 4.78 is 5.47. The van der Waals surface area contributed by atoms with Crippen molar-refractivity contribution in [1.82, 2.24) is 15.1 Å². The van der Waals surface area contributed by atoms with E-state index in [-0.39, 0.29) is 0 Å². The van der Waals surface area contributed by atoms with E-state index in [1.54, 1.807) is 0 Å². The first-order chi connectivity index (χ1) is 10.8. The van der Waals surface area contributed by atoms with Crippen molar-refractivity contribution in [3.63, 3.8) is 0 Å². The van der Waals surface area contributed by atoms with Gasteiger partial charge in [0.05, 0.1) is 13.2 Å². The van der Waals surface area contributed by atoms with Crippen molar-refractivity contribution in [2.45, 2.75) is 46.1 Å². The third kappa shape index (κ3) is 4.85. The molecule has 0 amide bonds. The Morgan fingerprint density at radius 2 is 1.91 bits per heavy atom. The van der Waals surface area contributed by atoms with Gasteiger partial charge in [0.25, 0.3) is 0 Å². The van der Waals surface area contributed by atoms with Gasteiger partial charge in [0.2, 0.25) is 0 Å². The maximum absolute atomic E-state index is 5.47. The van der Waals surface area contributed by atoms with Crippen LogP contribution >= 0.6 is 0 Å². The summed E-state index contributed by atoms with van der Waals surface area (Å²) in [6.45, 7) is 14.8. The second kappa shape index (κ2) is 9.36. The lowest BCUT2D eigenvalue weighted by atomic mass is 10.0. The van der Waals surface area contributed by atoms with Gasteiger partial charge in [-0.2, -0.15) is 0 Å². The average molecular weight is 310 g/mol. The summed E-state index contributed by atoms with van der Waals surface area (Å²) in [7, 11) is 0. The largest absolute Gasteiger partial charge is 0.379 e. The van der Waals surface area contributed by atoms with Crippen LogP contribution < -0.4 is 5.32 Å². The molecule has 2 fully saturated rings. The van der Waals surface area contributed by atoms with Crippen LogP contribution in [-0.2, 0) is 4.74 Å². The maximum atomic E-state index is 5.47. The fourth-order valence-electron chi connectivity index (χ4n) is 3.36. The van der Waals surface area contributed by atoms with Crippen molar-refractivity contribution in [2.75, 3.05) is 52.5 Å². The third-order valence-corrected chi connectivity index (χ3v) is 5.01. The number of likely N-dealkylation sites (tertiary alicyclic amines) is 1. The third-order valence-electron chi connectivity index (χ3n) is 5.01. The molecule has 2 aliphatic heterocycles. The molecule has 0 spiro atoms. The number of nitrogens with one attached hydrogen (secondary N) is 1. The van der Waals surface area contributed by atoms with Crippen LogP contribution in [0.3, 0.4) is 0 Å². The van der Waals surface area contributed by atoms with Crippen molar-refractivity contribution in [3.05, 3.63) is 0 Å². The lowest BCUT2D eigenvalue weighted by Gasteiger charge is -2.32. The highest BCUT2D eigenvalue weighted by molar-refractivity contribution is 5.80. The molecule has 0 aromatic rings. The highest BCUT2D eigenvalue weighted by Crippen LogP contribution is 2.17. The quantitative estimate of drug-likeness (QED) is 0.600. The predicted octanol–water partition coefficient (Wildman–Crippen LogP) is 1.79. The Labute approximate surface area is 136 Å². The average Bonchev–Trinajstić information content (AvgIpc) is 3.05. The molecule has 128 valence electrons. The van der Waals surface area contributed by atoms with E-state index in [2.05, 4.69) is 35.9 Å². The fraction of sp³-hybridized carbons (Fsp3) is 0.941. The van der Waals surface area contributed by atoms with Gasteiger partial charge < -0.3 is 15.0 Å². The monoisotopic (exact) mass is 310 g/mol. The number of rotatable bonds is 6. The van der Waals surface area contributed by atoms with Crippen LogP contribution in [0.1, 0.15) is 40.0 Å². The van der Waals surface area contributed by atoms with E-state index in [9.17, 15) is 0 Å². The van der Waals surface area contributed by atoms with E-state index in [0.717, 1.165) is 58.4 Å². The SMILES string of the molecule is CCNC(=NCC(CC)CC)N1CCC(N2CCOCC2)C1. The Morgan fingerprint density at radius 1 is 1.18 bits per heavy atom. The molecule has 1 unspecified atom stereocenters. The summed E-state index contributed by atoms with van der Waals surface area (Å²) >= 11 is 0. The summed E-state index contributed by atoms with van der Waals surface area (Å²) in [5.74, 6) is 1.83. The number of nitrogens with zero attached hydrogens (tertiary/aromatic N) is 3. The molecule has 5 nitrogen and oxygen atoms in total. The fourth-order valence-corrected chi connectivity index (χ4v) is 3.36. The molecule has 0 aliphatic carbocycles. The van der Waals surface area contributed by atoms with Crippen LogP contribution in [0.4, 0.5) is 0 Å². The van der Waals surface area contributed by atoms with Gasteiger partial charge in [-0.1, -0.05) is 26.7 Å². The summed E-state index contributed by atoms with van der Waals surface area (Å²) in [5, 5.41) is 3.48. The molecule has 0 aromatic heterocycles. The standard InChI is InChI=1S/C17H34N4O/c1-4-15(5-2)13-19-17(18-6-3)21-8-7-16(14-21)20-9-11-22-12-10-20/h15-16H,4-14H2,1-3H3,(H,18,19). The van der Waals surface area contributed by atoms with Crippen LogP contribution in [0.2, 0.25) is 0 Å². The summed E-state index contributed by atoms with van der Waals surface area (Å²) in [6.07, 6.45) is 3.68. The first-order valence-electron chi connectivity index (χ1n) is 9.13. The normalized spacial score (nSPS) is 24.3. The number of guanidine groups is 1. The van der Waals surface area contributed by atoms with Crippen LogP contribution in [0.15, 0.2) is 4.99 Å². The highest BCUT2D eigenvalue weighted by atomic mass is 16.5. The molecule has 0 radical (unpaired) electrons. The zero-order valence-corrected chi connectivity index (χ0v) is 14.7. The molecule has 1 atom stereocenters. The minimum absolute atomic E-state index is 0.668. The van der Waals surface area contributed by atoms with Crippen molar-refractivity contribution in [2.24, 2.45) is 10.9 Å². The van der Waals surface area contributed by atoms with Gasteiger partial charge in [0.1, 0.15) is 0 Å². The van der Waals surface area contributed by atoms with E-state index < -0.39 is 0 Å². The van der Waals surface area contributed by atoms with Crippen molar-refractivity contribution >= 4 is 5.96 Å². The Morgan fingerprint density at radius 3 is 2.55 bits per heavy atom. The molecule has 2 rings (SSSR count). The Kier molecular flexibility index (Phi) is 7.46. The van der Waals surface area contributed by atoms with Gasteiger partial charge in [-0.05, 0) is 19.3 Å². The molecule has 2 heterocycles. The van der Waals surface area contributed by atoms with Crippen LogP contribution in [-0.4, -0.2) is 74.3 Å². The van der Waals surface area contributed by atoms with Gasteiger partial charge in [0, 0.05) is 45.3 Å². The number of hydrogen-bond acceptors (Lipinski definition) is 3. The van der Waals surface area contributed by atoms with E-state index in [1.165, 1.54) is 19.3 Å². The molecule has 5 heteroatoms. The van der Waals surface area contributed by atoms with Gasteiger partial charge in [0.15, 0.2) is 5.96 Å². The zero-order chi connectivity index (χ0) is 15.8. The molecule has 0 saturated carbocycles. The minimum atomic E-state index is 0.668. The Bertz CT molecular complexity index is 338. The molecule has 1 N–H and O–H groups in total. The van der Waals surface area contributed by atoms with Crippen LogP contribution in [0.25, 0.3) is 0 Å². The predicted molar refractivity (Wildman–Crippen MR) is 92.4 cm³/mol. The van der Waals surface area contributed by atoms with Gasteiger partial charge in [-0.25, -0.2) is 0 Å². The lowest BCUT2D eigenvalue weighted by molar-refractivity contribution is 0.0195. The smallest absolute Gasteiger partial charge is 0.193 e. The van der Waals surface area contributed by atoms with Gasteiger partial charge in [-0.3, -0.25) is 9.89 Å². The van der Waals surface area contributed by atoms with E-state index in [4.69, 9.17) is 9.73 Å². The molecular weight excluding hydrogens is 276 g/mol. The molecule has 2 saturated heterocycles. The molecular formula is C17H34N4O. The van der Waals surface area contributed by atoms with E-state index in [0.29, 0.717) is 12.0 Å². The van der Waals surface area contributed by atoms with Crippen molar-refractivity contribution in [3.8, 4) is 0 Å². The zero-order valence-electron chi connectivity index (χ0n) is 14.7. The molecule has 22 heavy (non-hydrogen) atoms. The summed E-state index contributed by atoms with van der Waals surface area (Å²) in [4.78, 5) is 9.95. The van der Waals surface area contributed by atoms with E-state index >= 15 is 0 Å². The van der Waals surface area contributed by atoms with E-state index in [1.807, 2.05) is 0 Å². The molecule has 0 aromatic carbocycles. The Hall–Kier alpha value is -0.810. The first kappa shape index (κ1) is 17.5. The van der Waals surface area contributed by atoms with Crippen molar-refractivity contribution in [1.29, 1.82) is 0 Å². The van der Waals surface area contributed by atoms with Crippen LogP contribution in [0.5, 0.6) is 0 Å². The summed E-state index contributed by atoms with van der Waals surface area (Å²) in [5.41, 5.74) is 0. The Balaban J connectivity index is 1.90. The van der Waals surface area contributed by atoms with Gasteiger partial charge in [-0.15, -0.1) is 0 Å². The van der Waals surface area contributed by atoms with Crippen LogP contribution in [0, 0.1) is 5.92 Å². The van der Waals surface area contributed by atoms with Gasteiger partial charge >= 0.3 is 0 Å². The minimum Gasteiger partial charge on any atom is -0.379 e. The summed E-state index contributed by atoms with van der Waals surface area (Å²) in [6, 6.07) is 0.668. The second-order valence-corrected chi connectivity index (χ2v) is 6.41. The first-order valence-corrected chi connectivity index (χ1v) is 9.13.